The zero-order valence-corrected chi connectivity index (χ0v) is 18.9. The van der Waals surface area contributed by atoms with Gasteiger partial charge in [0.2, 0.25) is 0 Å². The SMILES string of the molecule is O=C1S/C(=C\c2cccc(OCc3ccc(Cl)cc3Cl)c2)C(=O)N1c1ccc(Cl)cc1. The maximum atomic E-state index is 12.8. The zero-order valence-electron chi connectivity index (χ0n) is 15.8. The quantitative estimate of drug-likeness (QED) is 0.348. The van der Waals surface area contributed by atoms with Crippen LogP contribution in [-0.2, 0) is 11.4 Å². The van der Waals surface area contributed by atoms with Crippen molar-refractivity contribution in [2.45, 2.75) is 6.61 Å². The predicted molar refractivity (Wildman–Crippen MR) is 127 cm³/mol. The van der Waals surface area contributed by atoms with Crippen molar-refractivity contribution in [3.63, 3.8) is 0 Å². The van der Waals surface area contributed by atoms with Crippen molar-refractivity contribution >= 4 is 69.5 Å². The van der Waals surface area contributed by atoms with Gasteiger partial charge in [0.1, 0.15) is 12.4 Å². The molecule has 0 saturated carbocycles. The number of benzene rings is 3. The lowest BCUT2D eigenvalue weighted by molar-refractivity contribution is -0.113. The van der Waals surface area contributed by atoms with Gasteiger partial charge in [-0.15, -0.1) is 0 Å². The first-order chi connectivity index (χ1) is 14.9. The third-order valence-electron chi connectivity index (χ3n) is 4.44. The molecule has 4 rings (SSSR count). The molecule has 0 spiro atoms. The molecular weight excluding hydrogens is 477 g/mol. The molecular formula is C23H14Cl3NO3S. The summed E-state index contributed by atoms with van der Waals surface area (Å²) >= 11 is 18.9. The zero-order chi connectivity index (χ0) is 22.0. The third kappa shape index (κ3) is 5.08. The van der Waals surface area contributed by atoms with Crippen LogP contribution in [-0.4, -0.2) is 11.1 Å². The van der Waals surface area contributed by atoms with Crippen LogP contribution in [0.1, 0.15) is 11.1 Å². The van der Waals surface area contributed by atoms with Crippen LogP contribution in [0.4, 0.5) is 10.5 Å². The minimum atomic E-state index is -0.378. The van der Waals surface area contributed by atoms with Gasteiger partial charge in [0.05, 0.1) is 10.6 Å². The van der Waals surface area contributed by atoms with Crippen molar-refractivity contribution < 1.29 is 14.3 Å². The molecule has 1 aliphatic rings. The highest BCUT2D eigenvalue weighted by Crippen LogP contribution is 2.36. The fourth-order valence-electron chi connectivity index (χ4n) is 2.93. The molecule has 4 nitrogen and oxygen atoms in total. The average Bonchev–Trinajstić information content (AvgIpc) is 3.01. The molecule has 2 amide bonds. The van der Waals surface area contributed by atoms with Crippen LogP contribution in [0.15, 0.2) is 71.6 Å². The molecule has 1 heterocycles. The second kappa shape index (κ2) is 9.37. The molecule has 1 fully saturated rings. The molecule has 3 aromatic carbocycles. The molecule has 8 heteroatoms. The van der Waals surface area contributed by atoms with E-state index in [1.165, 1.54) is 0 Å². The van der Waals surface area contributed by atoms with Gasteiger partial charge in [-0.25, -0.2) is 4.90 Å². The van der Waals surface area contributed by atoms with Crippen LogP contribution in [0.3, 0.4) is 0 Å². The largest absolute Gasteiger partial charge is 0.489 e. The van der Waals surface area contributed by atoms with E-state index in [2.05, 4.69) is 0 Å². The lowest BCUT2D eigenvalue weighted by atomic mass is 10.2. The fraction of sp³-hybridized carbons (Fsp3) is 0.0435. The number of ether oxygens (including phenoxy) is 1. The van der Waals surface area contributed by atoms with E-state index in [0.29, 0.717) is 31.4 Å². The van der Waals surface area contributed by atoms with Gasteiger partial charge in [-0.05, 0) is 71.9 Å². The van der Waals surface area contributed by atoms with E-state index >= 15 is 0 Å². The number of rotatable bonds is 5. The fourth-order valence-corrected chi connectivity index (χ4v) is 4.36. The molecule has 156 valence electrons. The molecule has 1 saturated heterocycles. The van der Waals surface area contributed by atoms with Gasteiger partial charge in [0, 0.05) is 20.6 Å². The number of nitrogens with zero attached hydrogens (tertiary/aromatic N) is 1. The number of imide groups is 1. The Hall–Kier alpha value is -2.44. The minimum absolute atomic E-state index is 0.270. The van der Waals surface area contributed by atoms with E-state index in [1.54, 1.807) is 60.7 Å². The number of amides is 2. The number of carbonyl (C=O) groups is 2. The summed E-state index contributed by atoms with van der Waals surface area (Å²) in [6.45, 7) is 0.270. The minimum Gasteiger partial charge on any atom is -0.489 e. The van der Waals surface area contributed by atoms with E-state index in [0.717, 1.165) is 27.8 Å². The topological polar surface area (TPSA) is 46.6 Å². The monoisotopic (exact) mass is 489 g/mol. The molecule has 0 radical (unpaired) electrons. The highest BCUT2D eigenvalue weighted by molar-refractivity contribution is 8.19. The standard InChI is InChI=1S/C23H14Cl3NO3S/c24-16-6-8-18(9-7-16)27-22(28)21(31-23(27)29)11-14-2-1-3-19(10-14)30-13-15-4-5-17(25)12-20(15)26/h1-12H,13H2/b21-11-. The first-order valence-corrected chi connectivity index (χ1v) is 11.1. The van der Waals surface area contributed by atoms with Crippen LogP contribution in [0.5, 0.6) is 5.75 Å². The Kier molecular flexibility index (Phi) is 6.58. The van der Waals surface area contributed by atoms with E-state index in [-0.39, 0.29) is 17.8 Å². The van der Waals surface area contributed by atoms with E-state index in [1.807, 2.05) is 12.1 Å². The molecule has 0 bridgehead atoms. The van der Waals surface area contributed by atoms with Crippen LogP contribution >= 0.6 is 46.6 Å². The van der Waals surface area contributed by atoms with Gasteiger partial charge < -0.3 is 4.74 Å². The van der Waals surface area contributed by atoms with Gasteiger partial charge in [0.15, 0.2) is 0 Å². The van der Waals surface area contributed by atoms with Crippen molar-refractivity contribution in [1.82, 2.24) is 0 Å². The summed E-state index contributed by atoms with van der Waals surface area (Å²) in [5, 5.41) is 1.26. The van der Waals surface area contributed by atoms with Gasteiger partial charge in [0.25, 0.3) is 11.1 Å². The van der Waals surface area contributed by atoms with Gasteiger partial charge in [-0.2, -0.15) is 0 Å². The summed E-state index contributed by atoms with van der Waals surface area (Å²) in [5.74, 6) is 0.230. The summed E-state index contributed by atoms with van der Waals surface area (Å²) in [4.78, 5) is 26.7. The summed E-state index contributed by atoms with van der Waals surface area (Å²) in [5.41, 5.74) is 2.02. The Bertz CT molecular complexity index is 1190. The van der Waals surface area contributed by atoms with Crippen molar-refractivity contribution in [1.29, 1.82) is 0 Å². The second-order valence-corrected chi connectivity index (χ2v) is 8.86. The highest BCUT2D eigenvalue weighted by Gasteiger charge is 2.36. The maximum Gasteiger partial charge on any atom is 0.298 e. The summed E-state index contributed by atoms with van der Waals surface area (Å²) < 4.78 is 5.83. The maximum absolute atomic E-state index is 12.8. The second-order valence-electron chi connectivity index (χ2n) is 6.59. The number of hydrogen-bond donors (Lipinski definition) is 0. The van der Waals surface area contributed by atoms with Crippen molar-refractivity contribution in [3.8, 4) is 5.75 Å². The first-order valence-electron chi connectivity index (χ1n) is 9.11. The lowest BCUT2D eigenvalue weighted by Gasteiger charge is -2.12. The summed E-state index contributed by atoms with van der Waals surface area (Å²) in [6, 6.07) is 19.0. The van der Waals surface area contributed by atoms with Gasteiger partial charge >= 0.3 is 0 Å². The van der Waals surface area contributed by atoms with E-state index in [4.69, 9.17) is 39.5 Å². The normalized spacial score (nSPS) is 15.1. The molecule has 0 aromatic heterocycles. The Morgan fingerprint density at radius 3 is 2.39 bits per heavy atom. The van der Waals surface area contributed by atoms with Crippen molar-refractivity contribution in [2.24, 2.45) is 0 Å². The summed E-state index contributed by atoms with van der Waals surface area (Å²) in [7, 11) is 0. The molecule has 0 unspecified atom stereocenters. The van der Waals surface area contributed by atoms with Gasteiger partial charge in [-0.1, -0.05) is 53.0 Å². The Morgan fingerprint density at radius 1 is 0.903 bits per heavy atom. The Morgan fingerprint density at radius 2 is 1.65 bits per heavy atom. The number of halogens is 3. The molecule has 31 heavy (non-hydrogen) atoms. The van der Waals surface area contributed by atoms with Gasteiger partial charge in [-0.3, -0.25) is 9.59 Å². The molecule has 1 aliphatic heterocycles. The van der Waals surface area contributed by atoms with Crippen LogP contribution in [0.25, 0.3) is 6.08 Å². The Labute approximate surface area is 198 Å². The smallest absolute Gasteiger partial charge is 0.298 e. The molecule has 0 atom stereocenters. The molecule has 0 N–H and O–H groups in total. The number of carbonyl (C=O) groups excluding carboxylic acids is 2. The highest BCUT2D eigenvalue weighted by atomic mass is 35.5. The van der Waals surface area contributed by atoms with Crippen molar-refractivity contribution in [3.05, 3.63) is 97.8 Å². The van der Waals surface area contributed by atoms with E-state index < -0.39 is 0 Å². The van der Waals surface area contributed by atoms with Crippen LogP contribution < -0.4 is 9.64 Å². The predicted octanol–water partition coefficient (Wildman–Crippen LogP) is 7.47. The lowest BCUT2D eigenvalue weighted by Crippen LogP contribution is -2.27. The van der Waals surface area contributed by atoms with Crippen LogP contribution in [0.2, 0.25) is 15.1 Å². The number of anilines is 1. The number of hydrogen-bond acceptors (Lipinski definition) is 4. The summed E-state index contributed by atoms with van der Waals surface area (Å²) in [6.07, 6.45) is 1.67. The molecule has 0 aliphatic carbocycles. The third-order valence-corrected chi connectivity index (χ3v) is 6.15. The van der Waals surface area contributed by atoms with Crippen LogP contribution in [0, 0.1) is 0 Å². The van der Waals surface area contributed by atoms with E-state index in [9.17, 15) is 9.59 Å². The average molecular weight is 491 g/mol. The molecule has 3 aromatic rings. The first kappa shape index (κ1) is 21.8. The number of thioether (sulfide) groups is 1. The Balaban J connectivity index is 1.50. The van der Waals surface area contributed by atoms with Crippen molar-refractivity contribution in [2.75, 3.05) is 4.90 Å².